The first-order valence-corrected chi connectivity index (χ1v) is 9.45. The van der Waals surface area contributed by atoms with Gasteiger partial charge in [-0.1, -0.05) is 24.3 Å². The molecular formula is C19H19N3O4S. The fourth-order valence-electron chi connectivity index (χ4n) is 2.76. The lowest BCUT2D eigenvalue weighted by Crippen LogP contribution is -2.17. The standard InChI is InChI=1S/C19H19N3O4S/c1-3-12-21-17-15(26-4-2)6-5-7-16(17)27-19(21)20-18(23)13-8-10-14(11-9-13)22(24)25/h5-11H,3-4,12H2,1-2H3. The highest BCUT2D eigenvalue weighted by Gasteiger charge is 2.13. The zero-order valence-electron chi connectivity index (χ0n) is 15.0. The maximum absolute atomic E-state index is 12.6. The monoisotopic (exact) mass is 385 g/mol. The number of para-hydroxylation sites is 1. The molecule has 1 heterocycles. The van der Waals surface area contributed by atoms with Crippen LogP contribution in [-0.4, -0.2) is 22.0 Å². The van der Waals surface area contributed by atoms with E-state index in [9.17, 15) is 14.9 Å². The van der Waals surface area contributed by atoms with Crippen molar-refractivity contribution in [3.63, 3.8) is 0 Å². The van der Waals surface area contributed by atoms with Gasteiger partial charge in [-0.2, -0.15) is 4.99 Å². The van der Waals surface area contributed by atoms with Crippen molar-refractivity contribution in [3.05, 3.63) is 62.9 Å². The first-order valence-electron chi connectivity index (χ1n) is 8.63. The highest BCUT2D eigenvalue weighted by molar-refractivity contribution is 7.16. The highest BCUT2D eigenvalue weighted by atomic mass is 32.1. The number of aryl methyl sites for hydroxylation is 1. The summed E-state index contributed by atoms with van der Waals surface area (Å²) in [5.74, 6) is 0.336. The van der Waals surface area contributed by atoms with Crippen LogP contribution in [0, 0.1) is 10.1 Å². The molecule has 3 rings (SSSR count). The third-order valence-corrected chi connectivity index (χ3v) is 4.98. The largest absolute Gasteiger partial charge is 0.492 e. The summed E-state index contributed by atoms with van der Waals surface area (Å²) in [4.78, 5) is 27.7. The summed E-state index contributed by atoms with van der Waals surface area (Å²) in [6.07, 6.45) is 0.880. The van der Waals surface area contributed by atoms with E-state index in [1.165, 1.54) is 35.6 Å². The number of aromatic nitrogens is 1. The zero-order valence-corrected chi connectivity index (χ0v) is 15.9. The van der Waals surface area contributed by atoms with Crippen LogP contribution < -0.4 is 9.54 Å². The second-order valence-corrected chi connectivity index (χ2v) is 6.80. The zero-order chi connectivity index (χ0) is 19.4. The average molecular weight is 385 g/mol. The molecule has 8 heteroatoms. The second kappa shape index (κ2) is 8.13. The summed E-state index contributed by atoms with van der Waals surface area (Å²) in [5.41, 5.74) is 1.18. The van der Waals surface area contributed by atoms with Crippen molar-refractivity contribution >= 4 is 33.1 Å². The topological polar surface area (TPSA) is 86.7 Å². The predicted octanol–water partition coefficient (Wildman–Crippen LogP) is 4.16. The molecule has 0 fully saturated rings. The van der Waals surface area contributed by atoms with Crippen LogP contribution in [0.15, 0.2) is 47.5 Å². The number of benzene rings is 2. The van der Waals surface area contributed by atoms with Crippen LogP contribution >= 0.6 is 11.3 Å². The Balaban J connectivity index is 2.09. The third-order valence-electron chi connectivity index (χ3n) is 3.93. The molecule has 1 amide bonds. The first kappa shape index (κ1) is 18.8. The van der Waals surface area contributed by atoms with E-state index in [2.05, 4.69) is 11.9 Å². The van der Waals surface area contributed by atoms with Gasteiger partial charge < -0.3 is 9.30 Å². The van der Waals surface area contributed by atoms with E-state index in [-0.39, 0.29) is 5.69 Å². The Morgan fingerprint density at radius 1 is 1.22 bits per heavy atom. The molecule has 7 nitrogen and oxygen atoms in total. The number of carbonyl (C=O) groups is 1. The molecular weight excluding hydrogens is 366 g/mol. The number of hydrogen-bond donors (Lipinski definition) is 0. The van der Waals surface area contributed by atoms with E-state index < -0.39 is 10.8 Å². The van der Waals surface area contributed by atoms with Crippen molar-refractivity contribution in [1.82, 2.24) is 4.57 Å². The van der Waals surface area contributed by atoms with Gasteiger partial charge in [0.05, 0.1) is 16.2 Å². The fraction of sp³-hybridized carbons (Fsp3) is 0.263. The number of thiazole rings is 1. The number of amides is 1. The molecule has 27 heavy (non-hydrogen) atoms. The van der Waals surface area contributed by atoms with E-state index in [0.29, 0.717) is 23.5 Å². The molecule has 0 bridgehead atoms. The number of ether oxygens (including phenoxy) is 1. The summed E-state index contributed by atoms with van der Waals surface area (Å²) in [6, 6.07) is 11.3. The number of nitro benzene ring substituents is 1. The van der Waals surface area contributed by atoms with Gasteiger partial charge in [-0.15, -0.1) is 0 Å². The highest BCUT2D eigenvalue weighted by Crippen LogP contribution is 2.28. The van der Waals surface area contributed by atoms with Crippen LogP contribution in [-0.2, 0) is 6.54 Å². The molecule has 1 aromatic heterocycles. The van der Waals surface area contributed by atoms with Gasteiger partial charge in [0.1, 0.15) is 11.3 Å². The normalized spacial score (nSPS) is 11.7. The van der Waals surface area contributed by atoms with Crippen molar-refractivity contribution in [2.24, 2.45) is 4.99 Å². The Bertz CT molecular complexity index is 1050. The average Bonchev–Trinajstić information content (AvgIpc) is 3.00. The van der Waals surface area contributed by atoms with Crippen LogP contribution in [0.1, 0.15) is 30.6 Å². The summed E-state index contributed by atoms with van der Waals surface area (Å²) < 4.78 is 8.72. The van der Waals surface area contributed by atoms with Gasteiger partial charge in [0, 0.05) is 24.2 Å². The third kappa shape index (κ3) is 3.90. The predicted molar refractivity (Wildman–Crippen MR) is 104 cm³/mol. The Morgan fingerprint density at radius 3 is 2.59 bits per heavy atom. The molecule has 0 saturated carbocycles. The minimum Gasteiger partial charge on any atom is -0.492 e. The lowest BCUT2D eigenvalue weighted by Gasteiger charge is -2.08. The lowest BCUT2D eigenvalue weighted by atomic mass is 10.2. The van der Waals surface area contributed by atoms with Crippen molar-refractivity contribution in [1.29, 1.82) is 0 Å². The lowest BCUT2D eigenvalue weighted by molar-refractivity contribution is -0.384. The quantitative estimate of drug-likeness (QED) is 0.471. The minimum atomic E-state index is -0.498. The van der Waals surface area contributed by atoms with Crippen molar-refractivity contribution in [2.45, 2.75) is 26.8 Å². The van der Waals surface area contributed by atoms with E-state index >= 15 is 0 Å². The van der Waals surface area contributed by atoms with Crippen molar-refractivity contribution in [2.75, 3.05) is 6.61 Å². The number of nitrogens with zero attached hydrogens (tertiary/aromatic N) is 3. The van der Waals surface area contributed by atoms with E-state index in [0.717, 1.165) is 22.4 Å². The number of non-ortho nitro benzene ring substituents is 1. The smallest absolute Gasteiger partial charge is 0.279 e. The molecule has 0 aliphatic carbocycles. The minimum absolute atomic E-state index is 0.0594. The van der Waals surface area contributed by atoms with Gasteiger partial charge in [-0.05, 0) is 37.6 Å². The molecule has 0 radical (unpaired) electrons. The Morgan fingerprint density at radius 2 is 1.96 bits per heavy atom. The van der Waals surface area contributed by atoms with E-state index in [1.807, 2.05) is 29.7 Å². The summed E-state index contributed by atoms with van der Waals surface area (Å²) in [5, 5.41) is 10.8. The van der Waals surface area contributed by atoms with Gasteiger partial charge in [-0.25, -0.2) is 0 Å². The van der Waals surface area contributed by atoms with Gasteiger partial charge >= 0.3 is 0 Å². The Kier molecular flexibility index (Phi) is 5.66. The number of fused-ring (bicyclic) bond motifs is 1. The van der Waals surface area contributed by atoms with Crippen molar-refractivity contribution < 1.29 is 14.5 Å². The van der Waals surface area contributed by atoms with E-state index in [4.69, 9.17) is 4.74 Å². The summed E-state index contributed by atoms with van der Waals surface area (Å²) >= 11 is 1.42. The SMILES string of the molecule is CCCn1c(=NC(=O)c2ccc([N+](=O)[O-])cc2)sc2cccc(OCC)c21. The van der Waals surface area contributed by atoms with Gasteiger partial charge in [0.2, 0.25) is 0 Å². The number of rotatable bonds is 6. The van der Waals surface area contributed by atoms with E-state index in [1.54, 1.807) is 0 Å². The second-order valence-electron chi connectivity index (χ2n) is 5.79. The van der Waals surface area contributed by atoms with Crippen LogP contribution in [0.25, 0.3) is 10.2 Å². The van der Waals surface area contributed by atoms with Crippen LogP contribution in [0.4, 0.5) is 5.69 Å². The van der Waals surface area contributed by atoms with Gasteiger partial charge in [0.15, 0.2) is 4.80 Å². The van der Waals surface area contributed by atoms with Crippen LogP contribution in [0.5, 0.6) is 5.75 Å². The molecule has 140 valence electrons. The van der Waals surface area contributed by atoms with Crippen molar-refractivity contribution in [3.8, 4) is 5.75 Å². The molecule has 0 saturated heterocycles. The summed E-state index contributed by atoms with van der Waals surface area (Å²) in [6.45, 7) is 5.24. The van der Waals surface area contributed by atoms with Gasteiger partial charge in [0.25, 0.3) is 11.6 Å². The van der Waals surface area contributed by atoms with Gasteiger partial charge in [-0.3, -0.25) is 14.9 Å². The molecule has 0 N–H and O–H groups in total. The maximum atomic E-state index is 12.6. The molecule has 0 spiro atoms. The first-order chi connectivity index (χ1) is 13.0. The van der Waals surface area contributed by atoms with Crippen LogP contribution in [0.3, 0.4) is 0 Å². The Hall–Kier alpha value is -3.00. The molecule has 0 unspecified atom stereocenters. The van der Waals surface area contributed by atoms with Crippen LogP contribution in [0.2, 0.25) is 0 Å². The maximum Gasteiger partial charge on any atom is 0.279 e. The molecule has 0 aliphatic rings. The molecule has 0 aliphatic heterocycles. The molecule has 3 aromatic rings. The number of nitro groups is 1. The summed E-state index contributed by atoms with van der Waals surface area (Å²) in [7, 11) is 0. The Labute approximate surface area is 159 Å². The molecule has 0 atom stereocenters. The molecule has 2 aromatic carbocycles. The number of carbonyl (C=O) groups excluding carboxylic acids is 1. The fourth-order valence-corrected chi connectivity index (χ4v) is 3.84. The number of hydrogen-bond acceptors (Lipinski definition) is 5.